The summed E-state index contributed by atoms with van der Waals surface area (Å²) in [6.07, 6.45) is 3.57. The van der Waals surface area contributed by atoms with Gasteiger partial charge in [0.2, 0.25) is 0 Å². The van der Waals surface area contributed by atoms with E-state index in [4.69, 9.17) is 9.47 Å². The van der Waals surface area contributed by atoms with Gasteiger partial charge in [-0.1, -0.05) is 23.5 Å². The highest BCUT2D eigenvalue weighted by molar-refractivity contribution is 7.22. The number of hydrogen-bond donors (Lipinski definition) is 0. The summed E-state index contributed by atoms with van der Waals surface area (Å²) in [6, 6.07) is 11.3. The molecule has 1 aromatic carbocycles. The summed E-state index contributed by atoms with van der Waals surface area (Å²) in [7, 11) is 1.57. The van der Waals surface area contributed by atoms with Crippen molar-refractivity contribution in [2.75, 3.05) is 25.2 Å². The predicted octanol–water partition coefficient (Wildman–Crippen LogP) is 3.53. The number of thiazole rings is 1. The van der Waals surface area contributed by atoms with Gasteiger partial charge in [-0.3, -0.25) is 14.7 Å². The average Bonchev–Trinajstić information content (AvgIpc) is 3.34. The van der Waals surface area contributed by atoms with E-state index in [-0.39, 0.29) is 12.0 Å². The van der Waals surface area contributed by atoms with E-state index in [2.05, 4.69) is 9.97 Å². The number of ether oxygens (including phenoxy) is 2. The number of carbonyl (C=O) groups excluding carboxylic acids is 1. The highest BCUT2D eigenvalue weighted by atomic mass is 32.1. The third-order valence-electron chi connectivity index (χ3n) is 4.36. The lowest BCUT2D eigenvalue weighted by molar-refractivity contribution is 0.0913. The summed E-state index contributed by atoms with van der Waals surface area (Å²) in [5.41, 5.74) is 1.22. The average molecular weight is 369 g/mol. The molecule has 6 nitrogen and oxygen atoms in total. The number of nitrogens with zero attached hydrogens (tertiary/aromatic N) is 3. The Morgan fingerprint density at radius 3 is 3.04 bits per heavy atom. The summed E-state index contributed by atoms with van der Waals surface area (Å²) in [6.45, 7) is 1.21. The second-order valence-electron chi connectivity index (χ2n) is 6.10. The van der Waals surface area contributed by atoms with Crippen LogP contribution in [0, 0.1) is 0 Å². The minimum Gasteiger partial charge on any atom is -0.497 e. The third kappa shape index (κ3) is 3.40. The fraction of sp³-hybridized carbons (Fsp3) is 0.316. The van der Waals surface area contributed by atoms with Crippen LogP contribution in [0.3, 0.4) is 0 Å². The van der Waals surface area contributed by atoms with Crippen LogP contribution in [0.4, 0.5) is 5.13 Å². The van der Waals surface area contributed by atoms with Gasteiger partial charge in [-0.25, -0.2) is 4.98 Å². The largest absolute Gasteiger partial charge is 0.497 e. The zero-order valence-electron chi connectivity index (χ0n) is 14.4. The molecule has 134 valence electrons. The van der Waals surface area contributed by atoms with E-state index in [9.17, 15) is 4.79 Å². The summed E-state index contributed by atoms with van der Waals surface area (Å²) < 4.78 is 12.0. The molecule has 1 unspecified atom stereocenters. The Morgan fingerprint density at radius 1 is 1.38 bits per heavy atom. The maximum Gasteiger partial charge on any atom is 0.278 e. The van der Waals surface area contributed by atoms with E-state index >= 15 is 0 Å². The van der Waals surface area contributed by atoms with Gasteiger partial charge in [0.05, 0.1) is 30.0 Å². The summed E-state index contributed by atoms with van der Waals surface area (Å²) >= 11 is 1.50. The first-order valence-electron chi connectivity index (χ1n) is 8.53. The Bertz CT molecular complexity index is 888. The second-order valence-corrected chi connectivity index (χ2v) is 7.10. The van der Waals surface area contributed by atoms with Crippen LogP contribution in [0.2, 0.25) is 0 Å². The Hall–Kier alpha value is -2.51. The van der Waals surface area contributed by atoms with E-state index in [0.29, 0.717) is 23.1 Å². The zero-order chi connectivity index (χ0) is 17.9. The summed E-state index contributed by atoms with van der Waals surface area (Å²) in [5.74, 6) is 0.406. The SMILES string of the molecule is COc1ccnc(C(=O)N(CC2CCCO2)c2nc3ccccc3s2)c1. The highest BCUT2D eigenvalue weighted by Gasteiger charge is 2.27. The number of rotatable bonds is 5. The lowest BCUT2D eigenvalue weighted by Crippen LogP contribution is -2.37. The number of hydrogen-bond acceptors (Lipinski definition) is 6. The van der Waals surface area contributed by atoms with Crippen LogP contribution in [0.25, 0.3) is 10.2 Å². The molecule has 26 heavy (non-hydrogen) atoms. The zero-order valence-corrected chi connectivity index (χ0v) is 15.2. The van der Waals surface area contributed by atoms with E-state index < -0.39 is 0 Å². The third-order valence-corrected chi connectivity index (χ3v) is 5.41. The first kappa shape index (κ1) is 16.9. The number of fused-ring (bicyclic) bond motifs is 1. The van der Waals surface area contributed by atoms with Crippen LogP contribution in [0.1, 0.15) is 23.3 Å². The molecular weight excluding hydrogens is 350 g/mol. The lowest BCUT2D eigenvalue weighted by atomic mass is 10.2. The maximum atomic E-state index is 13.2. The number of para-hydroxylation sites is 1. The van der Waals surface area contributed by atoms with Crippen LogP contribution in [0.5, 0.6) is 5.75 Å². The summed E-state index contributed by atoms with van der Waals surface area (Å²) in [5, 5.41) is 0.663. The van der Waals surface area contributed by atoms with Gasteiger partial charge in [0, 0.05) is 18.9 Å². The molecule has 1 fully saturated rings. The van der Waals surface area contributed by atoms with E-state index in [0.717, 1.165) is 29.7 Å². The highest BCUT2D eigenvalue weighted by Crippen LogP contribution is 2.30. The quantitative estimate of drug-likeness (QED) is 0.688. The summed E-state index contributed by atoms with van der Waals surface area (Å²) in [4.78, 5) is 23.8. The smallest absolute Gasteiger partial charge is 0.278 e. The van der Waals surface area contributed by atoms with Crippen LogP contribution < -0.4 is 9.64 Å². The van der Waals surface area contributed by atoms with Crippen molar-refractivity contribution in [1.82, 2.24) is 9.97 Å². The van der Waals surface area contributed by atoms with Gasteiger partial charge in [-0.15, -0.1) is 0 Å². The number of aromatic nitrogens is 2. The number of anilines is 1. The first-order chi connectivity index (χ1) is 12.7. The Labute approximate surface area is 155 Å². The molecule has 3 aromatic rings. The molecule has 0 N–H and O–H groups in total. The van der Waals surface area contributed by atoms with E-state index in [1.807, 2.05) is 24.3 Å². The van der Waals surface area contributed by atoms with Crippen molar-refractivity contribution in [3.05, 3.63) is 48.3 Å². The van der Waals surface area contributed by atoms with Crippen molar-refractivity contribution < 1.29 is 14.3 Å². The maximum absolute atomic E-state index is 13.2. The number of benzene rings is 1. The molecule has 1 aliphatic rings. The van der Waals surface area contributed by atoms with Crippen LogP contribution in [0.15, 0.2) is 42.6 Å². The van der Waals surface area contributed by atoms with Crippen LogP contribution in [-0.4, -0.2) is 42.2 Å². The molecule has 0 radical (unpaired) electrons. The molecule has 0 aliphatic carbocycles. The Morgan fingerprint density at radius 2 is 2.27 bits per heavy atom. The second kappa shape index (κ2) is 7.39. The molecule has 1 saturated heterocycles. The molecule has 1 aliphatic heterocycles. The van der Waals surface area contributed by atoms with Crippen molar-refractivity contribution >= 4 is 32.6 Å². The molecule has 0 saturated carbocycles. The van der Waals surface area contributed by atoms with Crippen molar-refractivity contribution in [3.8, 4) is 5.75 Å². The van der Waals surface area contributed by atoms with E-state index in [1.54, 1.807) is 30.3 Å². The number of methoxy groups -OCH3 is 1. The Balaban J connectivity index is 1.70. The van der Waals surface area contributed by atoms with Gasteiger partial charge >= 0.3 is 0 Å². The standard InChI is InChI=1S/C19H19N3O3S/c1-24-13-8-9-20-16(11-13)18(23)22(12-14-5-4-10-25-14)19-21-15-6-2-3-7-17(15)26-19/h2-3,6-9,11,14H,4-5,10,12H2,1H3. The van der Waals surface area contributed by atoms with E-state index in [1.165, 1.54) is 11.3 Å². The molecule has 1 amide bonds. The monoisotopic (exact) mass is 369 g/mol. The molecule has 1 atom stereocenters. The molecule has 4 rings (SSSR count). The molecule has 2 aromatic heterocycles. The van der Waals surface area contributed by atoms with Gasteiger partial charge in [0.15, 0.2) is 5.13 Å². The normalized spacial score (nSPS) is 16.7. The van der Waals surface area contributed by atoms with Gasteiger partial charge in [-0.05, 0) is 31.0 Å². The van der Waals surface area contributed by atoms with Gasteiger partial charge in [0.25, 0.3) is 5.91 Å². The van der Waals surface area contributed by atoms with Crippen molar-refractivity contribution in [1.29, 1.82) is 0 Å². The molecule has 0 spiro atoms. The van der Waals surface area contributed by atoms with Crippen LogP contribution >= 0.6 is 11.3 Å². The van der Waals surface area contributed by atoms with Gasteiger partial charge in [0.1, 0.15) is 11.4 Å². The van der Waals surface area contributed by atoms with Gasteiger partial charge in [-0.2, -0.15) is 0 Å². The fourth-order valence-electron chi connectivity index (χ4n) is 3.01. The van der Waals surface area contributed by atoms with Crippen LogP contribution in [-0.2, 0) is 4.74 Å². The van der Waals surface area contributed by atoms with Crippen molar-refractivity contribution in [2.24, 2.45) is 0 Å². The minimum absolute atomic E-state index is 0.0246. The number of amides is 1. The number of carbonyl (C=O) groups is 1. The molecule has 3 heterocycles. The number of pyridine rings is 1. The molecule has 0 bridgehead atoms. The Kier molecular flexibility index (Phi) is 4.81. The van der Waals surface area contributed by atoms with Gasteiger partial charge < -0.3 is 9.47 Å². The minimum atomic E-state index is -0.196. The molecule has 7 heteroatoms. The fourth-order valence-corrected chi connectivity index (χ4v) is 3.98. The first-order valence-corrected chi connectivity index (χ1v) is 9.35. The topological polar surface area (TPSA) is 64.5 Å². The van der Waals surface area contributed by atoms with Crippen molar-refractivity contribution in [2.45, 2.75) is 18.9 Å². The predicted molar refractivity (Wildman–Crippen MR) is 101 cm³/mol. The molecular formula is C19H19N3O3S. The van der Waals surface area contributed by atoms with Crippen molar-refractivity contribution in [3.63, 3.8) is 0 Å². The lowest BCUT2D eigenvalue weighted by Gasteiger charge is -2.22.